The third kappa shape index (κ3) is 31.4. The van der Waals surface area contributed by atoms with Gasteiger partial charge in [-0.15, -0.1) is 0 Å². The van der Waals surface area contributed by atoms with E-state index in [0.29, 0.717) is 65.7 Å². The summed E-state index contributed by atoms with van der Waals surface area (Å²) < 4.78 is 27.2. The van der Waals surface area contributed by atoms with E-state index in [0.717, 1.165) is 12.8 Å². The topological polar surface area (TPSA) is 63.2 Å². The fourth-order valence-corrected chi connectivity index (χ4v) is 4.20. The molecule has 0 rings (SSSR count). The molecule has 0 amide bonds. The summed E-state index contributed by atoms with van der Waals surface area (Å²) in [5, 5.41) is 0. The van der Waals surface area contributed by atoms with E-state index in [-0.39, 0.29) is 12.1 Å². The summed E-state index contributed by atoms with van der Waals surface area (Å²) in [5.74, 6) is -0.112. The van der Waals surface area contributed by atoms with E-state index in [1.165, 1.54) is 89.9 Å². The number of hydrogen-bond donors (Lipinski definition) is 0. The van der Waals surface area contributed by atoms with Crippen LogP contribution in [0.1, 0.15) is 136 Å². The molecule has 0 bridgehead atoms. The highest BCUT2D eigenvalue weighted by molar-refractivity contribution is 5.69. The van der Waals surface area contributed by atoms with E-state index >= 15 is 0 Å². The van der Waals surface area contributed by atoms with Gasteiger partial charge in [0.15, 0.2) is 0 Å². The van der Waals surface area contributed by atoms with E-state index in [2.05, 4.69) is 6.92 Å². The molecule has 1 unspecified atom stereocenters. The van der Waals surface area contributed by atoms with Crippen LogP contribution in [0.2, 0.25) is 0 Å². The summed E-state index contributed by atoms with van der Waals surface area (Å²) in [6, 6.07) is 0. The summed E-state index contributed by atoms with van der Waals surface area (Å²) >= 11 is 0. The highest BCUT2D eigenvalue weighted by atomic mass is 16.6. The van der Waals surface area contributed by atoms with Crippen molar-refractivity contribution in [1.29, 1.82) is 0 Å². The van der Waals surface area contributed by atoms with Gasteiger partial charge in [-0.3, -0.25) is 4.79 Å². The lowest BCUT2D eigenvalue weighted by Gasteiger charge is -2.13. The van der Waals surface area contributed by atoms with Crippen LogP contribution in [0.25, 0.3) is 0 Å². The molecule has 0 aromatic heterocycles. The van der Waals surface area contributed by atoms with Gasteiger partial charge in [0.1, 0.15) is 0 Å². The van der Waals surface area contributed by atoms with E-state index in [9.17, 15) is 4.79 Å². The number of carbonyl (C=O) groups excluding carboxylic acids is 1. The SMILES string of the molecule is CCCCCCCCCCCCCCCCCCOC(=O)CCCOCCOC(C)COCCOCC. The fourth-order valence-electron chi connectivity index (χ4n) is 4.20. The first-order chi connectivity index (χ1) is 18.2. The van der Waals surface area contributed by atoms with Crippen molar-refractivity contribution in [3.63, 3.8) is 0 Å². The number of esters is 1. The molecule has 6 heteroatoms. The van der Waals surface area contributed by atoms with Gasteiger partial charge in [0.2, 0.25) is 0 Å². The van der Waals surface area contributed by atoms with Crippen molar-refractivity contribution >= 4 is 5.97 Å². The molecule has 0 radical (unpaired) electrons. The summed E-state index contributed by atoms with van der Waals surface area (Å²) in [6.45, 7) is 10.9. The molecule has 0 aliphatic carbocycles. The number of ether oxygens (including phenoxy) is 5. The Balaban J connectivity index is 3.21. The second-order valence-electron chi connectivity index (χ2n) is 10.2. The van der Waals surface area contributed by atoms with Gasteiger partial charge in [0, 0.05) is 19.6 Å². The van der Waals surface area contributed by atoms with Crippen molar-refractivity contribution in [2.75, 3.05) is 52.9 Å². The predicted molar refractivity (Wildman–Crippen MR) is 153 cm³/mol. The third-order valence-corrected chi connectivity index (χ3v) is 6.49. The van der Waals surface area contributed by atoms with Crippen LogP contribution in [0.4, 0.5) is 0 Å². The zero-order chi connectivity index (χ0) is 27.1. The molecule has 0 heterocycles. The Bertz CT molecular complexity index is 445. The van der Waals surface area contributed by atoms with Crippen molar-refractivity contribution in [3.05, 3.63) is 0 Å². The standard InChI is InChI=1S/C31H62O6/c1-4-6-7-8-9-10-11-12-13-14-15-16-17-18-19-20-24-37-31(32)22-21-23-34-27-28-36-30(3)29-35-26-25-33-5-2/h30H,4-29H2,1-3H3. The Morgan fingerprint density at radius 3 is 1.62 bits per heavy atom. The average molecular weight is 531 g/mol. The Hall–Kier alpha value is -0.690. The zero-order valence-corrected chi connectivity index (χ0v) is 24.9. The van der Waals surface area contributed by atoms with Crippen LogP contribution in [0, 0.1) is 0 Å². The Morgan fingerprint density at radius 1 is 0.541 bits per heavy atom. The molecule has 0 aromatic carbocycles. The van der Waals surface area contributed by atoms with E-state index in [1.54, 1.807) is 0 Å². The molecule has 37 heavy (non-hydrogen) atoms. The van der Waals surface area contributed by atoms with Crippen LogP contribution in [0.15, 0.2) is 0 Å². The molecular weight excluding hydrogens is 468 g/mol. The predicted octanol–water partition coefficient (Wildman–Crippen LogP) is 8.05. The van der Waals surface area contributed by atoms with Crippen molar-refractivity contribution in [2.24, 2.45) is 0 Å². The lowest BCUT2D eigenvalue weighted by molar-refractivity contribution is -0.144. The second kappa shape index (κ2) is 31.5. The molecule has 0 fully saturated rings. The highest BCUT2D eigenvalue weighted by Gasteiger charge is 2.04. The fraction of sp³-hybridized carbons (Fsp3) is 0.968. The third-order valence-electron chi connectivity index (χ3n) is 6.49. The first-order valence-electron chi connectivity index (χ1n) is 15.7. The minimum Gasteiger partial charge on any atom is -0.466 e. The molecule has 1 atom stereocenters. The van der Waals surface area contributed by atoms with Gasteiger partial charge in [0.05, 0.1) is 45.7 Å². The lowest BCUT2D eigenvalue weighted by atomic mass is 10.0. The minimum atomic E-state index is -0.112. The maximum absolute atomic E-state index is 11.8. The van der Waals surface area contributed by atoms with Gasteiger partial charge in [-0.25, -0.2) is 0 Å². The monoisotopic (exact) mass is 530 g/mol. The number of hydrogen-bond acceptors (Lipinski definition) is 6. The minimum absolute atomic E-state index is 0.0322. The van der Waals surface area contributed by atoms with Gasteiger partial charge < -0.3 is 23.7 Å². The largest absolute Gasteiger partial charge is 0.466 e. The van der Waals surface area contributed by atoms with Crippen LogP contribution in [0.3, 0.4) is 0 Å². The van der Waals surface area contributed by atoms with Crippen LogP contribution in [-0.4, -0.2) is 64.9 Å². The van der Waals surface area contributed by atoms with E-state index in [4.69, 9.17) is 23.7 Å². The molecule has 0 spiro atoms. The van der Waals surface area contributed by atoms with Gasteiger partial charge >= 0.3 is 5.97 Å². The molecule has 0 N–H and O–H groups in total. The maximum atomic E-state index is 11.8. The Kier molecular flexibility index (Phi) is 30.9. The first kappa shape index (κ1) is 36.3. The molecule has 0 aliphatic rings. The van der Waals surface area contributed by atoms with Crippen molar-refractivity contribution in [2.45, 2.75) is 142 Å². The van der Waals surface area contributed by atoms with Crippen LogP contribution < -0.4 is 0 Å². The molecule has 0 saturated carbocycles. The molecule has 0 aromatic rings. The van der Waals surface area contributed by atoms with Gasteiger partial charge in [-0.05, 0) is 26.7 Å². The van der Waals surface area contributed by atoms with Crippen molar-refractivity contribution < 1.29 is 28.5 Å². The summed E-state index contributed by atoms with van der Waals surface area (Å²) in [5.41, 5.74) is 0. The first-order valence-corrected chi connectivity index (χ1v) is 15.7. The smallest absolute Gasteiger partial charge is 0.305 e. The molecule has 6 nitrogen and oxygen atoms in total. The zero-order valence-electron chi connectivity index (χ0n) is 24.9. The Labute approximate surface area is 229 Å². The summed E-state index contributed by atoms with van der Waals surface area (Å²) in [6.07, 6.45) is 22.7. The molecule has 0 aliphatic heterocycles. The highest BCUT2D eigenvalue weighted by Crippen LogP contribution is 2.13. The van der Waals surface area contributed by atoms with Crippen LogP contribution in [-0.2, 0) is 28.5 Å². The number of unbranched alkanes of at least 4 members (excludes halogenated alkanes) is 15. The average Bonchev–Trinajstić information content (AvgIpc) is 2.89. The maximum Gasteiger partial charge on any atom is 0.305 e. The van der Waals surface area contributed by atoms with E-state index < -0.39 is 0 Å². The van der Waals surface area contributed by atoms with Crippen molar-refractivity contribution in [3.8, 4) is 0 Å². The lowest BCUT2D eigenvalue weighted by Crippen LogP contribution is -2.20. The molecular formula is C31H62O6. The van der Waals surface area contributed by atoms with Gasteiger partial charge in [-0.2, -0.15) is 0 Å². The molecule has 222 valence electrons. The number of rotatable bonds is 31. The van der Waals surface area contributed by atoms with Crippen LogP contribution >= 0.6 is 0 Å². The quantitative estimate of drug-likeness (QED) is 0.0667. The normalized spacial score (nSPS) is 12.2. The number of carbonyl (C=O) groups is 1. The van der Waals surface area contributed by atoms with E-state index in [1.807, 2.05) is 13.8 Å². The summed E-state index contributed by atoms with van der Waals surface area (Å²) in [4.78, 5) is 11.8. The Morgan fingerprint density at radius 2 is 1.05 bits per heavy atom. The van der Waals surface area contributed by atoms with Crippen molar-refractivity contribution in [1.82, 2.24) is 0 Å². The van der Waals surface area contributed by atoms with Crippen LogP contribution in [0.5, 0.6) is 0 Å². The summed E-state index contributed by atoms with van der Waals surface area (Å²) in [7, 11) is 0. The van der Waals surface area contributed by atoms with Gasteiger partial charge in [-0.1, -0.05) is 103 Å². The van der Waals surface area contributed by atoms with Gasteiger partial charge in [0.25, 0.3) is 0 Å². The molecule has 0 saturated heterocycles. The second-order valence-corrected chi connectivity index (χ2v) is 10.2.